The zero-order chi connectivity index (χ0) is 11.7. The van der Waals surface area contributed by atoms with Crippen LogP contribution in [-0.4, -0.2) is 32.2 Å². The molecular formula is C12H16N2O2. The molecule has 0 aliphatic heterocycles. The first-order valence-electron chi connectivity index (χ1n) is 5.39. The van der Waals surface area contributed by atoms with Crippen LogP contribution in [0.5, 0.6) is 0 Å². The van der Waals surface area contributed by atoms with E-state index in [1.54, 1.807) is 6.20 Å². The number of pyridine rings is 1. The number of hydrogen-bond acceptors (Lipinski definition) is 4. The Kier molecular flexibility index (Phi) is 2.81. The van der Waals surface area contributed by atoms with Crippen LogP contribution in [0, 0.1) is 0 Å². The Bertz CT molecular complexity index is 391. The van der Waals surface area contributed by atoms with Gasteiger partial charge in [-0.2, -0.15) is 0 Å². The number of esters is 1. The molecule has 1 aromatic heterocycles. The molecule has 2 rings (SSSR count). The predicted octanol–water partition coefficient (Wildman–Crippen LogP) is 1.81. The maximum atomic E-state index is 11.8. The number of ether oxygens (including phenoxy) is 1. The van der Waals surface area contributed by atoms with Gasteiger partial charge in [0, 0.05) is 20.3 Å². The maximum absolute atomic E-state index is 11.8. The molecule has 0 aromatic carbocycles. The average Bonchev–Trinajstić information content (AvgIpc) is 3.10. The molecule has 1 saturated carbocycles. The van der Waals surface area contributed by atoms with Gasteiger partial charge in [-0.05, 0) is 30.4 Å². The van der Waals surface area contributed by atoms with Gasteiger partial charge in [0.15, 0.2) is 0 Å². The van der Waals surface area contributed by atoms with E-state index >= 15 is 0 Å². The van der Waals surface area contributed by atoms with Crippen molar-refractivity contribution in [3.05, 3.63) is 23.4 Å². The highest BCUT2D eigenvalue weighted by Crippen LogP contribution is 2.43. The van der Waals surface area contributed by atoms with E-state index in [0.717, 1.165) is 18.4 Å². The molecule has 1 aliphatic carbocycles. The largest absolute Gasteiger partial charge is 0.465 e. The third-order valence-electron chi connectivity index (χ3n) is 2.79. The van der Waals surface area contributed by atoms with E-state index in [2.05, 4.69) is 4.98 Å². The fourth-order valence-electron chi connectivity index (χ4n) is 1.85. The van der Waals surface area contributed by atoms with E-state index in [9.17, 15) is 4.79 Å². The molecule has 1 heterocycles. The number of hydrogen-bond donors (Lipinski definition) is 0. The Balaban J connectivity index is 2.52. The number of carbonyl (C=O) groups is 1. The predicted molar refractivity (Wildman–Crippen MR) is 61.9 cm³/mol. The van der Waals surface area contributed by atoms with Crippen molar-refractivity contribution in [2.75, 3.05) is 26.1 Å². The summed E-state index contributed by atoms with van der Waals surface area (Å²) in [7, 11) is 5.17. The van der Waals surface area contributed by atoms with E-state index in [4.69, 9.17) is 4.74 Å². The summed E-state index contributed by atoms with van der Waals surface area (Å²) in [6.45, 7) is 0. The zero-order valence-corrected chi connectivity index (χ0v) is 9.86. The van der Waals surface area contributed by atoms with E-state index in [1.165, 1.54) is 7.11 Å². The van der Waals surface area contributed by atoms with Gasteiger partial charge in [0.1, 0.15) is 11.4 Å². The Morgan fingerprint density at radius 1 is 1.50 bits per heavy atom. The van der Waals surface area contributed by atoms with Gasteiger partial charge in [-0.25, -0.2) is 9.78 Å². The van der Waals surface area contributed by atoms with Gasteiger partial charge in [-0.3, -0.25) is 0 Å². The summed E-state index contributed by atoms with van der Waals surface area (Å²) in [5.41, 5.74) is 1.70. The van der Waals surface area contributed by atoms with Crippen LogP contribution >= 0.6 is 0 Å². The van der Waals surface area contributed by atoms with Crippen molar-refractivity contribution < 1.29 is 9.53 Å². The Morgan fingerprint density at radius 2 is 2.19 bits per heavy atom. The van der Waals surface area contributed by atoms with E-state index in [-0.39, 0.29) is 5.97 Å². The molecule has 4 nitrogen and oxygen atoms in total. The van der Waals surface area contributed by atoms with Gasteiger partial charge in [-0.1, -0.05) is 0 Å². The second-order valence-corrected chi connectivity index (χ2v) is 4.26. The molecule has 1 aromatic rings. The van der Waals surface area contributed by atoms with E-state index in [0.29, 0.717) is 17.3 Å². The van der Waals surface area contributed by atoms with Gasteiger partial charge in [0.2, 0.25) is 0 Å². The summed E-state index contributed by atoms with van der Waals surface area (Å²) >= 11 is 0. The quantitative estimate of drug-likeness (QED) is 0.729. The van der Waals surface area contributed by atoms with E-state index in [1.807, 2.05) is 25.1 Å². The molecule has 4 heteroatoms. The average molecular weight is 220 g/mol. The van der Waals surface area contributed by atoms with Crippen molar-refractivity contribution >= 4 is 11.8 Å². The molecule has 0 amide bonds. The normalized spacial score (nSPS) is 14.7. The van der Waals surface area contributed by atoms with Gasteiger partial charge < -0.3 is 9.64 Å². The SMILES string of the molecule is COC(=O)c1c(C2CC2)ccnc1N(C)C. The standard InChI is InChI=1S/C12H16N2O2/c1-14(2)11-10(12(15)16-3)9(6-7-13-11)8-4-5-8/h6-8H,4-5H2,1-3H3. The second kappa shape index (κ2) is 4.12. The van der Waals surface area contributed by atoms with Crippen LogP contribution in [0.15, 0.2) is 12.3 Å². The highest BCUT2D eigenvalue weighted by molar-refractivity contribution is 5.96. The summed E-state index contributed by atoms with van der Waals surface area (Å²) in [6, 6.07) is 1.93. The number of rotatable bonds is 3. The first-order valence-corrected chi connectivity index (χ1v) is 5.39. The lowest BCUT2D eigenvalue weighted by atomic mass is 10.0. The number of aromatic nitrogens is 1. The molecule has 0 saturated heterocycles. The molecule has 1 fully saturated rings. The number of nitrogens with zero attached hydrogens (tertiary/aromatic N) is 2. The summed E-state index contributed by atoms with van der Waals surface area (Å²) in [6.07, 6.45) is 4.07. The summed E-state index contributed by atoms with van der Waals surface area (Å²) in [4.78, 5) is 17.9. The molecule has 0 atom stereocenters. The Hall–Kier alpha value is -1.58. The summed E-state index contributed by atoms with van der Waals surface area (Å²) in [5, 5.41) is 0. The highest BCUT2D eigenvalue weighted by Gasteiger charge is 2.31. The van der Waals surface area contributed by atoms with Crippen LogP contribution in [0.2, 0.25) is 0 Å². The smallest absolute Gasteiger partial charge is 0.341 e. The van der Waals surface area contributed by atoms with Crippen LogP contribution in [-0.2, 0) is 4.74 Å². The first-order chi connectivity index (χ1) is 7.65. The van der Waals surface area contributed by atoms with Gasteiger partial charge in [0.25, 0.3) is 0 Å². The Labute approximate surface area is 95.2 Å². The van der Waals surface area contributed by atoms with Gasteiger partial charge in [-0.15, -0.1) is 0 Å². The van der Waals surface area contributed by atoms with Crippen molar-refractivity contribution in [2.45, 2.75) is 18.8 Å². The molecule has 0 bridgehead atoms. The third-order valence-corrected chi connectivity index (χ3v) is 2.79. The molecule has 0 spiro atoms. The van der Waals surface area contributed by atoms with Gasteiger partial charge in [0.05, 0.1) is 7.11 Å². The van der Waals surface area contributed by atoms with Crippen LogP contribution in [0.4, 0.5) is 5.82 Å². The minimum atomic E-state index is -0.293. The monoisotopic (exact) mass is 220 g/mol. The van der Waals surface area contributed by atoms with Crippen molar-refractivity contribution in [2.24, 2.45) is 0 Å². The topological polar surface area (TPSA) is 42.4 Å². The Morgan fingerprint density at radius 3 is 2.69 bits per heavy atom. The molecular weight excluding hydrogens is 204 g/mol. The number of anilines is 1. The number of methoxy groups -OCH3 is 1. The first kappa shape index (κ1) is 10.9. The minimum Gasteiger partial charge on any atom is -0.465 e. The lowest BCUT2D eigenvalue weighted by Gasteiger charge is -2.17. The third kappa shape index (κ3) is 1.87. The molecule has 1 aliphatic rings. The van der Waals surface area contributed by atoms with Gasteiger partial charge >= 0.3 is 5.97 Å². The summed E-state index contributed by atoms with van der Waals surface area (Å²) < 4.78 is 4.84. The minimum absolute atomic E-state index is 0.293. The molecule has 86 valence electrons. The molecule has 0 radical (unpaired) electrons. The van der Waals surface area contributed by atoms with Crippen LogP contribution < -0.4 is 4.90 Å². The highest BCUT2D eigenvalue weighted by atomic mass is 16.5. The fraction of sp³-hybridized carbons (Fsp3) is 0.500. The summed E-state index contributed by atoms with van der Waals surface area (Å²) in [5.74, 6) is 0.908. The zero-order valence-electron chi connectivity index (χ0n) is 9.86. The maximum Gasteiger partial charge on any atom is 0.341 e. The van der Waals surface area contributed by atoms with Crippen LogP contribution in [0.1, 0.15) is 34.7 Å². The molecule has 0 N–H and O–H groups in total. The van der Waals surface area contributed by atoms with E-state index < -0.39 is 0 Å². The van der Waals surface area contributed by atoms with Crippen LogP contribution in [0.25, 0.3) is 0 Å². The van der Waals surface area contributed by atoms with Crippen molar-refractivity contribution in [1.29, 1.82) is 0 Å². The van der Waals surface area contributed by atoms with Crippen molar-refractivity contribution in [1.82, 2.24) is 4.98 Å². The lowest BCUT2D eigenvalue weighted by Crippen LogP contribution is -2.18. The molecule has 0 unspecified atom stereocenters. The lowest BCUT2D eigenvalue weighted by molar-refractivity contribution is 0.0600. The fourth-order valence-corrected chi connectivity index (χ4v) is 1.85. The van der Waals surface area contributed by atoms with Crippen LogP contribution in [0.3, 0.4) is 0 Å². The molecule has 16 heavy (non-hydrogen) atoms. The van der Waals surface area contributed by atoms with Crippen molar-refractivity contribution in [3.8, 4) is 0 Å². The second-order valence-electron chi connectivity index (χ2n) is 4.26. The number of carbonyl (C=O) groups excluding carboxylic acids is 1. The van der Waals surface area contributed by atoms with Crippen molar-refractivity contribution in [3.63, 3.8) is 0 Å².